The van der Waals surface area contributed by atoms with Crippen molar-refractivity contribution in [1.82, 2.24) is 0 Å². The highest BCUT2D eigenvalue weighted by Gasteiger charge is 2.51. The van der Waals surface area contributed by atoms with Crippen LogP contribution in [0.25, 0.3) is 10.4 Å². The minimum atomic E-state index is -1.96. The highest BCUT2D eigenvalue weighted by atomic mass is 32.2. The number of hydrogen-bond acceptors (Lipinski definition) is 6. The average Bonchev–Trinajstić information content (AvgIpc) is 2.63. The predicted octanol–water partition coefficient (Wildman–Crippen LogP) is 6.47. The number of rotatable bonds is 10. The van der Waals surface area contributed by atoms with E-state index in [1.165, 1.54) is 0 Å². The number of hydrogen-bond donors (Lipinski definition) is 0. The van der Waals surface area contributed by atoms with E-state index in [0.29, 0.717) is 0 Å². The highest BCUT2D eigenvalue weighted by Crippen LogP contribution is 2.40. The maximum atomic E-state index is 9.00. The van der Waals surface area contributed by atoms with Gasteiger partial charge >= 0.3 is 0 Å². The van der Waals surface area contributed by atoms with Crippen LogP contribution < -0.4 is 0 Å². The molecule has 0 saturated carbocycles. The largest absolute Gasteiger partial charge is 0.409 e. The second kappa shape index (κ2) is 11.2. The van der Waals surface area contributed by atoms with Crippen molar-refractivity contribution < 1.29 is 18.0 Å². The fourth-order valence-electron chi connectivity index (χ4n) is 3.50. The number of thioether (sulfide) groups is 1. The van der Waals surface area contributed by atoms with Gasteiger partial charge in [0, 0.05) is 9.81 Å². The Morgan fingerprint density at radius 3 is 1.84 bits per heavy atom. The summed E-state index contributed by atoms with van der Waals surface area (Å²) in [5.74, 6) is 0. The molecule has 7 nitrogen and oxygen atoms in total. The minimum absolute atomic E-state index is 0.197. The first-order valence-electron chi connectivity index (χ1n) is 11.1. The van der Waals surface area contributed by atoms with Crippen LogP contribution in [0.3, 0.4) is 0 Å². The monoisotopic (exact) mass is 513 g/mol. The zero-order chi connectivity index (χ0) is 24.2. The van der Waals surface area contributed by atoms with Crippen LogP contribution in [0.2, 0.25) is 58.9 Å². The molecule has 5 atom stereocenters. The minimum Gasteiger partial charge on any atom is -0.409 e. The molecule has 1 saturated heterocycles. The molecule has 11 heteroatoms. The molecule has 0 bridgehead atoms. The van der Waals surface area contributed by atoms with Crippen LogP contribution in [-0.4, -0.2) is 61.3 Å². The Morgan fingerprint density at radius 2 is 1.34 bits per heavy atom. The summed E-state index contributed by atoms with van der Waals surface area (Å²) in [6.07, 6.45) is -1.34. The van der Waals surface area contributed by atoms with Gasteiger partial charge in [0.05, 0.1) is 18.8 Å². The van der Waals surface area contributed by atoms with Crippen molar-refractivity contribution in [2.45, 2.75) is 93.7 Å². The normalized spacial score (nSPS) is 27.1. The smallest absolute Gasteiger partial charge is 0.184 e. The van der Waals surface area contributed by atoms with E-state index in [4.69, 9.17) is 23.5 Å². The Bertz CT molecular complexity index is 777. The summed E-state index contributed by atoms with van der Waals surface area (Å²) in [7, 11) is -5.86. The van der Waals surface area contributed by atoms with Gasteiger partial charge in [0.25, 0.3) is 0 Å². The van der Waals surface area contributed by atoms with Crippen molar-refractivity contribution in [3.8, 4) is 0 Å². The van der Waals surface area contributed by atoms with E-state index in [9.17, 15) is 0 Å². The first-order chi connectivity index (χ1) is 14.7. The Hall–Kier alpha value is -0.629. The maximum Gasteiger partial charge on any atom is 0.184 e. The number of ether oxygens (including phenoxy) is 1. The third-order valence-corrected chi connectivity index (χ3v) is 8.47. The third kappa shape index (κ3) is 9.32. The van der Waals surface area contributed by atoms with Crippen molar-refractivity contribution in [2.75, 3.05) is 6.54 Å². The second-order valence-corrected chi connectivity index (χ2v) is 25.5. The predicted molar refractivity (Wildman–Crippen MR) is 140 cm³/mol. The van der Waals surface area contributed by atoms with Crippen molar-refractivity contribution in [3.05, 3.63) is 40.8 Å². The lowest BCUT2D eigenvalue weighted by Crippen LogP contribution is -2.64. The van der Waals surface area contributed by atoms with Gasteiger partial charge in [0.15, 0.2) is 25.0 Å². The fourth-order valence-corrected chi connectivity index (χ4v) is 7.98. The fraction of sp³-hybridized carbons (Fsp3) is 0.714. The third-order valence-electron chi connectivity index (χ3n) is 4.38. The van der Waals surface area contributed by atoms with Crippen molar-refractivity contribution in [1.29, 1.82) is 0 Å². The molecule has 0 N–H and O–H groups in total. The summed E-state index contributed by atoms with van der Waals surface area (Å²) in [5, 5.41) is 3.85. The van der Waals surface area contributed by atoms with Gasteiger partial charge in [-0.1, -0.05) is 35.1 Å². The van der Waals surface area contributed by atoms with E-state index >= 15 is 0 Å². The van der Waals surface area contributed by atoms with Crippen molar-refractivity contribution in [2.24, 2.45) is 5.11 Å². The van der Waals surface area contributed by atoms with E-state index in [1.54, 1.807) is 11.8 Å². The van der Waals surface area contributed by atoms with E-state index in [1.807, 2.05) is 18.2 Å². The van der Waals surface area contributed by atoms with E-state index in [-0.39, 0.29) is 30.3 Å². The van der Waals surface area contributed by atoms with Gasteiger partial charge < -0.3 is 18.0 Å². The van der Waals surface area contributed by atoms with Crippen LogP contribution in [0, 0.1) is 0 Å². The number of azide groups is 1. The summed E-state index contributed by atoms with van der Waals surface area (Å²) < 4.78 is 26.7. The molecule has 2 rings (SSSR count). The standard InChI is InChI=1S/C21H39N3O4SSi3/c1-30(2,3)26-18-17(15-23-24-22)25-21(29-16-13-11-10-12-14-16)20(28-32(7,8)9)19(18)27-31(4,5)6/h10-14,17-21H,15H2,1-9H3/t17-,18+,19+,20-,21+/m1/s1. The van der Waals surface area contributed by atoms with Crippen LogP contribution >= 0.6 is 11.8 Å². The van der Waals surface area contributed by atoms with Crippen LogP contribution in [0.15, 0.2) is 40.3 Å². The molecule has 1 aliphatic heterocycles. The molecular weight excluding hydrogens is 475 g/mol. The Morgan fingerprint density at radius 1 is 0.844 bits per heavy atom. The molecule has 180 valence electrons. The van der Waals surface area contributed by atoms with E-state index < -0.39 is 31.1 Å². The quantitative estimate of drug-likeness (QED) is 0.155. The van der Waals surface area contributed by atoms with Gasteiger partial charge in [-0.25, -0.2) is 0 Å². The molecule has 0 unspecified atom stereocenters. The molecule has 1 aromatic carbocycles. The summed E-state index contributed by atoms with van der Waals surface area (Å²) in [6, 6.07) is 10.2. The highest BCUT2D eigenvalue weighted by molar-refractivity contribution is 7.99. The summed E-state index contributed by atoms with van der Waals surface area (Å²) in [5.41, 5.74) is 8.70. The van der Waals surface area contributed by atoms with Gasteiger partial charge in [-0.15, -0.1) is 0 Å². The number of benzene rings is 1. The van der Waals surface area contributed by atoms with Crippen molar-refractivity contribution in [3.63, 3.8) is 0 Å². The van der Waals surface area contributed by atoms with Gasteiger partial charge in [-0.2, -0.15) is 0 Å². The topological polar surface area (TPSA) is 85.7 Å². The van der Waals surface area contributed by atoms with Crippen LogP contribution in [0.1, 0.15) is 0 Å². The molecule has 1 heterocycles. The molecular formula is C21H39N3O4SSi3. The van der Waals surface area contributed by atoms with Crippen LogP contribution in [0.5, 0.6) is 0 Å². The molecule has 0 aromatic heterocycles. The number of nitrogens with zero attached hydrogens (tertiary/aromatic N) is 3. The zero-order valence-electron chi connectivity index (χ0n) is 20.9. The molecule has 0 aliphatic carbocycles. The Labute approximate surface area is 200 Å². The molecule has 0 spiro atoms. The van der Waals surface area contributed by atoms with Crippen molar-refractivity contribution >= 4 is 36.7 Å². The van der Waals surface area contributed by atoms with E-state index in [0.717, 1.165) is 4.90 Å². The molecule has 1 aliphatic rings. The summed E-state index contributed by atoms with van der Waals surface area (Å²) in [6.45, 7) is 19.8. The Kier molecular flexibility index (Phi) is 9.66. The van der Waals surface area contributed by atoms with Gasteiger partial charge in [0.1, 0.15) is 17.6 Å². The van der Waals surface area contributed by atoms with Crippen LogP contribution in [0.4, 0.5) is 0 Å². The van der Waals surface area contributed by atoms with Crippen LogP contribution in [-0.2, 0) is 18.0 Å². The zero-order valence-corrected chi connectivity index (χ0v) is 24.7. The SMILES string of the molecule is C[Si](C)(C)O[C@H]1[C@@H](O[Si](C)(C)C)[C@@H](CN=[N+]=[N-])O[C@@H](Sc2ccccc2)[C@@H]1O[Si](C)(C)C. The van der Waals surface area contributed by atoms with Gasteiger partial charge in [-0.3, -0.25) is 0 Å². The molecule has 0 amide bonds. The maximum absolute atomic E-state index is 9.00. The summed E-state index contributed by atoms with van der Waals surface area (Å²) >= 11 is 1.63. The van der Waals surface area contributed by atoms with E-state index in [2.05, 4.69) is 81.1 Å². The second-order valence-electron chi connectivity index (χ2n) is 11.0. The molecule has 0 radical (unpaired) electrons. The first kappa shape index (κ1) is 27.6. The lowest BCUT2D eigenvalue weighted by molar-refractivity contribution is -0.178. The van der Waals surface area contributed by atoms with Gasteiger partial charge in [-0.05, 0) is 76.6 Å². The molecule has 32 heavy (non-hydrogen) atoms. The molecule has 1 fully saturated rings. The average molecular weight is 514 g/mol. The molecule has 1 aromatic rings. The van der Waals surface area contributed by atoms with Gasteiger partial charge in [0.2, 0.25) is 0 Å². The first-order valence-corrected chi connectivity index (χ1v) is 22.2. The lowest BCUT2D eigenvalue weighted by atomic mass is 10.00. The Balaban J connectivity index is 2.53. The summed E-state index contributed by atoms with van der Waals surface area (Å²) in [4.78, 5) is 4.08. The lowest BCUT2D eigenvalue weighted by Gasteiger charge is -2.50.